The van der Waals surface area contributed by atoms with Gasteiger partial charge in [0.1, 0.15) is 0 Å². The highest BCUT2D eigenvalue weighted by atomic mass is 32.1. The van der Waals surface area contributed by atoms with Crippen LogP contribution in [0.1, 0.15) is 32.6 Å². The summed E-state index contributed by atoms with van der Waals surface area (Å²) in [6, 6.07) is 0.672. The SMILES string of the molecule is CC1CCCC(CS)NCC1. The highest BCUT2D eigenvalue weighted by Gasteiger charge is 2.11. The molecule has 0 aromatic heterocycles. The van der Waals surface area contributed by atoms with E-state index >= 15 is 0 Å². The summed E-state index contributed by atoms with van der Waals surface area (Å²) in [4.78, 5) is 0. The molecule has 0 aromatic carbocycles. The monoisotopic (exact) mass is 173 g/mol. The zero-order chi connectivity index (χ0) is 8.10. The maximum atomic E-state index is 4.31. The van der Waals surface area contributed by atoms with Gasteiger partial charge in [-0.25, -0.2) is 0 Å². The van der Waals surface area contributed by atoms with Crippen molar-refractivity contribution in [1.82, 2.24) is 5.32 Å². The molecule has 1 nitrogen and oxygen atoms in total. The fourth-order valence-electron chi connectivity index (χ4n) is 1.65. The van der Waals surface area contributed by atoms with Crippen molar-refractivity contribution >= 4 is 12.6 Å². The van der Waals surface area contributed by atoms with Crippen LogP contribution in [0.25, 0.3) is 0 Å². The predicted molar refractivity (Wildman–Crippen MR) is 53.3 cm³/mol. The summed E-state index contributed by atoms with van der Waals surface area (Å²) in [5.41, 5.74) is 0. The van der Waals surface area contributed by atoms with Crippen molar-refractivity contribution in [3.63, 3.8) is 0 Å². The van der Waals surface area contributed by atoms with Crippen LogP contribution >= 0.6 is 12.6 Å². The van der Waals surface area contributed by atoms with Gasteiger partial charge in [0.25, 0.3) is 0 Å². The Morgan fingerprint density at radius 1 is 1.36 bits per heavy atom. The van der Waals surface area contributed by atoms with Crippen LogP contribution in [0.15, 0.2) is 0 Å². The Morgan fingerprint density at radius 3 is 2.91 bits per heavy atom. The summed E-state index contributed by atoms with van der Waals surface area (Å²) in [5, 5.41) is 3.53. The minimum absolute atomic E-state index is 0.672. The van der Waals surface area contributed by atoms with E-state index in [1.165, 1.54) is 32.2 Å². The van der Waals surface area contributed by atoms with Gasteiger partial charge in [-0.1, -0.05) is 19.8 Å². The molecule has 1 N–H and O–H groups in total. The van der Waals surface area contributed by atoms with Crippen LogP contribution in [-0.2, 0) is 0 Å². The lowest BCUT2D eigenvalue weighted by Crippen LogP contribution is -2.33. The molecule has 1 aliphatic heterocycles. The van der Waals surface area contributed by atoms with Gasteiger partial charge in [-0.2, -0.15) is 12.6 Å². The Hall–Kier alpha value is 0.310. The third-order valence-electron chi connectivity index (χ3n) is 2.54. The van der Waals surface area contributed by atoms with Gasteiger partial charge in [-0.3, -0.25) is 0 Å². The van der Waals surface area contributed by atoms with E-state index < -0.39 is 0 Å². The third-order valence-corrected chi connectivity index (χ3v) is 2.98. The smallest absolute Gasteiger partial charge is 0.0155 e. The van der Waals surface area contributed by atoms with E-state index in [0.717, 1.165) is 11.7 Å². The first-order valence-electron chi connectivity index (χ1n) is 4.67. The second-order valence-electron chi connectivity index (χ2n) is 3.66. The van der Waals surface area contributed by atoms with E-state index in [-0.39, 0.29) is 0 Å². The summed E-state index contributed by atoms with van der Waals surface area (Å²) >= 11 is 4.31. The van der Waals surface area contributed by atoms with Gasteiger partial charge in [0.05, 0.1) is 0 Å². The fourth-order valence-corrected chi connectivity index (χ4v) is 1.96. The minimum Gasteiger partial charge on any atom is -0.313 e. The lowest BCUT2D eigenvalue weighted by Gasteiger charge is -2.22. The molecule has 2 unspecified atom stereocenters. The number of rotatable bonds is 1. The van der Waals surface area contributed by atoms with Gasteiger partial charge < -0.3 is 5.32 Å². The number of hydrogen-bond acceptors (Lipinski definition) is 2. The largest absolute Gasteiger partial charge is 0.313 e. The van der Waals surface area contributed by atoms with E-state index in [1.54, 1.807) is 0 Å². The summed E-state index contributed by atoms with van der Waals surface area (Å²) in [6.45, 7) is 3.54. The topological polar surface area (TPSA) is 12.0 Å². The zero-order valence-electron chi connectivity index (χ0n) is 7.34. The molecule has 0 saturated carbocycles. The van der Waals surface area contributed by atoms with Crippen LogP contribution in [0.5, 0.6) is 0 Å². The molecule has 1 saturated heterocycles. The molecule has 1 aliphatic rings. The summed E-state index contributed by atoms with van der Waals surface area (Å²) in [5.74, 6) is 1.91. The Bertz CT molecular complexity index is 95.7. The molecule has 0 bridgehead atoms. The van der Waals surface area contributed by atoms with Crippen LogP contribution in [0.2, 0.25) is 0 Å². The number of hydrogen-bond donors (Lipinski definition) is 2. The molecular weight excluding hydrogens is 154 g/mol. The second kappa shape index (κ2) is 5.04. The molecule has 0 aliphatic carbocycles. The van der Waals surface area contributed by atoms with Gasteiger partial charge >= 0.3 is 0 Å². The van der Waals surface area contributed by atoms with Crippen molar-refractivity contribution in [1.29, 1.82) is 0 Å². The molecule has 1 heterocycles. The van der Waals surface area contributed by atoms with Gasteiger partial charge in [-0.15, -0.1) is 0 Å². The van der Waals surface area contributed by atoms with E-state index in [2.05, 4.69) is 24.9 Å². The summed E-state index contributed by atoms with van der Waals surface area (Å²) < 4.78 is 0. The third kappa shape index (κ3) is 3.48. The second-order valence-corrected chi connectivity index (χ2v) is 4.02. The molecule has 66 valence electrons. The molecule has 0 amide bonds. The van der Waals surface area contributed by atoms with Crippen LogP contribution < -0.4 is 5.32 Å². The molecule has 0 aromatic rings. The molecule has 2 heteroatoms. The van der Waals surface area contributed by atoms with Crippen LogP contribution in [0, 0.1) is 5.92 Å². The normalized spacial score (nSPS) is 34.4. The lowest BCUT2D eigenvalue weighted by molar-refractivity contribution is 0.375. The Labute approximate surface area is 75.4 Å². The number of thiol groups is 1. The van der Waals surface area contributed by atoms with Crippen molar-refractivity contribution in [2.24, 2.45) is 5.92 Å². The first-order chi connectivity index (χ1) is 5.33. The van der Waals surface area contributed by atoms with Crippen molar-refractivity contribution in [3.05, 3.63) is 0 Å². The van der Waals surface area contributed by atoms with E-state index in [9.17, 15) is 0 Å². The molecule has 1 fully saturated rings. The summed E-state index contributed by atoms with van der Waals surface area (Å²) in [6.07, 6.45) is 5.43. The maximum Gasteiger partial charge on any atom is 0.0155 e. The molecule has 1 rings (SSSR count). The molecule has 2 atom stereocenters. The van der Waals surface area contributed by atoms with Crippen LogP contribution in [0.4, 0.5) is 0 Å². The van der Waals surface area contributed by atoms with Gasteiger partial charge in [0, 0.05) is 11.8 Å². The average molecular weight is 173 g/mol. The highest BCUT2D eigenvalue weighted by molar-refractivity contribution is 7.80. The van der Waals surface area contributed by atoms with Crippen molar-refractivity contribution in [2.45, 2.75) is 38.6 Å². The Balaban J connectivity index is 2.22. The first-order valence-corrected chi connectivity index (χ1v) is 5.30. The standard InChI is InChI=1S/C9H19NS/c1-8-3-2-4-9(7-11)10-6-5-8/h8-11H,2-7H2,1H3. The minimum atomic E-state index is 0.672. The molecule has 11 heavy (non-hydrogen) atoms. The zero-order valence-corrected chi connectivity index (χ0v) is 8.24. The van der Waals surface area contributed by atoms with Crippen LogP contribution in [-0.4, -0.2) is 18.3 Å². The van der Waals surface area contributed by atoms with E-state index in [0.29, 0.717) is 6.04 Å². The molecule has 0 spiro atoms. The van der Waals surface area contributed by atoms with Gasteiger partial charge in [0.2, 0.25) is 0 Å². The van der Waals surface area contributed by atoms with Crippen molar-refractivity contribution in [2.75, 3.05) is 12.3 Å². The maximum absolute atomic E-state index is 4.31. The lowest BCUT2D eigenvalue weighted by atomic mass is 9.96. The van der Waals surface area contributed by atoms with Gasteiger partial charge in [-0.05, 0) is 25.3 Å². The summed E-state index contributed by atoms with van der Waals surface area (Å²) in [7, 11) is 0. The van der Waals surface area contributed by atoms with E-state index in [1.807, 2.05) is 0 Å². The van der Waals surface area contributed by atoms with E-state index in [4.69, 9.17) is 0 Å². The highest BCUT2D eigenvalue weighted by Crippen LogP contribution is 2.15. The average Bonchev–Trinajstić information content (AvgIpc) is 1.96. The predicted octanol–water partition coefficient (Wildman–Crippen LogP) is 2.08. The Kier molecular flexibility index (Phi) is 4.31. The molecular formula is C9H19NS. The van der Waals surface area contributed by atoms with Crippen LogP contribution in [0.3, 0.4) is 0 Å². The molecule has 0 radical (unpaired) electrons. The van der Waals surface area contributed by atoms with Crippen molar-refractivity contribution < 1.29 is 0 Å². The Morgan fingerprint density at radius 2 is 2.18 bits per heavy atom. The number of nitrogens with one attached hydrogen (secondary N) is 1. The quantitative estimate of drug-likeness (QED) is 0.579. The van der Waals surface area contributed by atoms with Crippen molar-refractivity contribution in [3.8, 4) is 0 Å². The van der Waals surface area contributed by atoms with Gasteiger partial charge in [0.15, 0.2) is 0 Å². The fraction of sp³-hybridized carbons (Fsp3) is 1.00. The first kappa shape index (κ1) is 9.40.